The van der Waals surface area contributed by atoms with Gasteiger partial charge in [-0.05, 0) is 6.92 Å². The van der Waals surface area contributed by atoms with Gasteiger partial charge in [0.15, 0.2) is 10.8 Å². The van der Waals surface area contributed by atoms with Crippen molar-refractivity contribution >= 4 is 28.3 Å². The molecule has 2 aromatic rings. The highest BCUT2D eigenvalue weighted by Gasteiger charge is 2.11. The fourth-order valence-corrected chi connectivity index (χ4v) is 1.87. The van der Waals surface area contributed by atoms with Crippen LogP contribution in [0.4, 0.5) is 5.13 Å². The van der Waals surface area contributed by atoms with Crippen LogP contribution in [0.5, 0.6) is 0 Å². The lowest BCUT2D eigenvalue weighted by Gasteiger charge is -2.00. The molecule has 0 spiro atoms. The number of anilines is 1. The number of carboxylic acids is 1. The molecule has 0 unspecified atom stereocenters. The molecule has 0 aromatic carbocycles. The Morgan fingerprint density at radius 3 is 2.89 bits per heavy atom. The minimum atomic E-state index is -1.18. The molecule has 2 heterocycles. The van der Waals surface area contributed by atoms with Crippen LogP contribution >= 0.6 is 11.3 Å². The first kappa shape index (κ1) is 12.2. The number of aryl methyl sites for hydroxylation is 1. The molecular formula is C9H9N5O3S. The number of nitrogens with zero attached hydrogens (tertiary/aromatic N) is 4. The third-order valence-corrected chi connectivity index (χ3v) is 2.76. The SMILES string of the molecule is Cc1cnc(NC(=O)Cn2cc(C(=O)O)nn2)s1. The van der Waals surface area contributed by atoms with E-state index in [-0.39, 0.29) is 18.1 Å². The van der Waals surface area contributed by atoms with E-state index < -0.39 is 5.97 Å². The molecule has 0 atom stereocenters. The zero-order valence-corrected chi connectivity index (χ0v) is 10.1. The molecule has 18 heavy (non-hydrogen) atoms. The second-order valence-electron chi connectivity index (χ2n) is 3.43. The summed E-state index contributed by atoms with van der Waals surface area (Å²) in [6.07, 6.45) is 2.84. The van der Waals surface area contributed by atoms with Gasteiger partial charge < -0.3 is 10.4 Å². The van der Waals surface area contributed by atoms with E-state index in [0.717, 1.165) is 9.56 Å². The van der Waals surface area contributed by atoms with E-state index in [1.807, 2.05) is 6.92 Å². The third-order valence-electron chi connectivity index (χ3n) is 1.93. The average molecular weight is 267 g/mol. The number of nitrogens with one attached hydrogen (secondary N) is 1. The van der Waals surface area contributed by atoms with Gasteiger partial charge in [0.1, 0.15) is 6.54 Å². The largest absolute Gasteiger partial charge is 0.476 e. The smallest absolute Gasteiger partial charge is 0.358 e. The van der Waals surface area contributed by atoms with Gasteiger partial charge in [-0.25, -0.2) is 14.5 Å². The lowest BCUT2D eigenvalue weighted by atomic mass is 10.5. The monoisotopic (exact) mass is 267 g/mol. The number of thiazole rings is 1. The molecule has 2 rings (SSSR count). The lowest BCUT2D eigenvalue weighted by molar-refractivity contribution is -0.116. The topological polar surface area (TPSA) is 110 Å². The van der Waals surface area contributed by atoms with E-state index in [0.29, 0.717) is 5.13 Å². The molecule has 2 aromatic heterocycles. The van der Waals surface area contributed by atoms with Gasteiger partial charge in [-0.15, -0.1) is 16.4 Å². The van der Waals surface area contributed by atoms with Gasteiger partial charge in [-0.2, -0.15) is 0 Å². The Balaban J connectivity index is 1.96. The van der Waals surface area contributed by atoms with Crippen LogP contribution in [0.2, 0.25) is 0 Å². The Morgan fingerprint density at radius 2 is 2.33 bits per heavy atom. The van der Waals surface area contributed by atoms with Gasteiger partial charge in [0.05, 0.1) is 6.20 Å². The highest BCUT2D eigenvalue weighted by molar-refractivity contribution is 7.15. The summed E-state index contributed by atoms with van der Waals surface area (Å²) in [6, 6.07) is 0. The summed E-state index contributed by atoms with van der Waals surface area (Å²) in [6.45, 7) is 1.77. The molecule has 9 heteroatoms. The summed E-state index contributed by atoms with van der Waals surface area (Å²) in [5.41, 5.74) is -0.201. The number of hydrogen-bond acceptors (Lipinski definition) is 6. The number of carbonyl (C=O) groups excluding carboxylic acids is 1. The maximum atomic E-state index is 11.6. The van der Waals surface area contributed by atoms with E-state index in [1.165, 1.54) is 17.5 Å². The Hall–Kier alpha value is -2.29. The second-order valence-corrected chi connectivity index (χ2v) is 4.67. The van der Waals surface area contributed by atoms with Crippen molar-refractivity contribution < 1.29 is 14.7 Å². The fraction of sp³-hybridized carbons (Fsp3) is 0.222. The summed E-state index contributed by atoms with van der Waals surface area (Å²) < 4.78 is 1.15. The molecule has 1 amide bonds. The van der Waals surface area contributed by atoms with Crippen LogP contribution in [0.25, 0.3) is 0 Å². The molecule has 0 fully saturated rings. The van der Waals surface area contributed by atoms with Gasteiger partial charge in [0.2, 0.25) is 5.91 Å². The Bertz CT molecular complexity index is 591. The van der Waals surface area contributed by atoms with E-state index in [4.69, 9.17) is 5.11 Å². The number of amides is 1. The second kappa shape index (κ2) is 4.92. The average Bonchev–Trinajstić information content (AvgIpc) is 2.88. The Labute approximate surface area is 105 Å². The molecule has 0 aliphatic carbocycles. The van der Waals surface area contributed by atoms with Crippen molar-refractivity contribution in [2.75, 3.05) is 5.32 Å². The van der Waals surface area contributed by atoms with Crippen LogP contribution in [0.15, 0.2) is 12.4 Å². The summed E-state index contributed by atoms with van der Waals surface area (Å²) in [5.74, 6) is -1.52. The van der Waals surface area contributed by atoms with Crippen LogP contribution in [0.1, 0.15) is 15.4 Å². The molecule has 0 saturated heterocycles. The molecule has 0 bridgehead atoms. The minimum absolute atomic E-state index is 0.112. The number of rotatable bonds is 4. The molecule has 0 aliphatic heterocycles. The van der Waals surface area contributed by atoms with Crippen LogP contribution in [0.3, 0.4) is 0 Å². The number of carbonyl (C=O) groups is 2. The van der Waals surface area contributed by atoms with Crippen LogP contribution < -0.4 is 5.32 Å². The molecule has 0 aliphatic rings. The highest BCUT2D eigenvalue weighted by atomic mass is 32.1. The molecule has 2 N–H and O–H groups in total. The Morgan fingerprint density at radius 1 is 1.56 bits per heavy atom. The summed E-state index contributed by atoms with van der Waals surface area (Å²) >= 11 is 1.35. The first-order valence-electron chi connectivity index (χ1n) is 4.90. The standard InChI is InChI=1S/C9H9N5O3S/c1-5-2-10-9(18-5)11-7(15)4-14-3-6(8(16)17)12-13-14/h2-3H,4H2,1H3,(H,16,17)(H,10,11,15). The van der Waals surface area contributed by atoms with Crippen molar-refractivity contribution in [3.05, 3.63) is 23.0 Å². The lowest BCUT2D eigenvalue weighted by Crippen LogP contribution is -2.19. The predicted octanol–water partition coefficient (Wildman–Crippen LogP) is 0.380. The molecule has 0 saturated carbocycles. The maximum absolute atomic E-state index is 11.6. The van der Waals surface area contributed by atoms with Crippen molar-refractivity contribution in [3.63, 3.8) is 0 Å². The van der Waals surface area contributed by atoms with Gasteiger partial charge in [0, 0.05) is 11.1 Å². The van der Waals surface area contributed by atoms with E-state index in [2.05, 4.69) is 20.6 Å². The van der Waals surface area contributed by atoms with Crippen molar-refractivity contribution in [3.8, 4) is 0 Å². The van der Waals surface area contributed by atoms with Crippen LogP contribution in [0, 0.1) is 6.92 Å². The van der Waals surface area contributed by atoms with Crippen molar-refractivity contribution in [1.29, 1.82) is 0 Å². The number of hydrogen-bond donors (Lipinski definition) is 2. The van der Waals surface area contributed by atoms with Crippen molar-refractivity contribution in [2.45, 2.75) is 13.5 Å². The normalized spacial score (nSPS) is 10.3. The van der Waals surface area contributed by atoms with Crippen molar-refractivity contribution in [1.82, 2.24) is 20.0 Å². The maximum Gasteiger partial charge on any atom is 0.358 e. The zero-order chi connectivity index (χ0) is 13.1. The van der Waals surface area contributed by atoms with E-state index in [1.54, 1.807) is 6.20 Å². The fourth-order valence-electron chi connectivity index (χ4n) is 1.19. The number of carboxylic acid groups (broad SMARTS) is 1. The van der Waals surface area contributed by atoms with Gasteiger partial charge in [-0.3, -0.25) is 4.79 Å². The highest BCUT2D eigenvalue weighted by Crippen LogP contribution is 2.16. The van der Waals surface area contributed by atoms with Gasteiger partial charge >= 0.3 is 5.97 Å². The summed E-state index contributed by atoms with van der Waals surface area (Å²) in [7, 11) is 0. The molecule has 94 valence electrons. The number of aromatic nitrogens is 4. The van der Waals surface area contributed by atoms with Gasteiger partial charge in [-0.1, -0.05) is 5.21 Å². The summed E-state index contributed by atoms with van der Waals surface area (Å²) in [4.78, 5) is 27.1. The summed E-state index contributed by atoms with van der Waals surface area (Å²) in [5, 5.41) is 18.7. The van der Waals surface area contributed by atoms with Gasteiger partial charge in [0.25, 0.3) is 0 Å². The van der Waals surface area contributed by atoms with E-state index in [9.17, 15) is 9.59 Å². The zero-order valence-electron chi connectivity index (χ0n) is 9.32. The quantitative estimate of drug-likeness (QED) is 0.828. The molecular weight excluding hydrogens is 258 g/mol. The first-order chi connectivity index (χ1) is 8.54. The third kappa shape index (κ3) is 2.88. The van der Waals surface area contributed by atoms with Crippen LogP contribution in [-0.2, 0) is 11.3 Å². The van der Waals surface area contributed by atoms with E-state index >= 15 is 0 Å². The van der Waals surface area contributed by atoms with Crippen LogP contribution in [-0.4, -0.2) is 37.0 Å². The number of aromatic carboxylic acids is 1. The van der Waals surface area contributed by atoms with Crippen molar-refractivity contribution in [2.24, 2.45) is 0 Å². The molecule has 0 radical (unpaired) electrons. The first-order valence-corrected chi connectivity index (χ1v) is 5.72. The minimum Gasteiger partial charge on any atom is -0.476 e. The Kier molecular flexibility index (Phi) is 3.33. The molecule has 8 nitrogen and oxygen atoms in total. The predicted molar refractivity (Wildman–Crippen MR) is 62.5 cm³/mol.